The first-order valence-corrected chi connectivity index (χ1v) is 11.0. The van der Waals surface area contributed by atoms with Gasteiger partial charge in [0.05, 0.1) is 23.6 Å². The van der Waals surface area contributed by atoms with Crippen LogP contribution in [0.4, 0.5) is 11.4 Å². The zero-order valence-corrected chi connectivity index (χ0v) is 18.2. The number of hydrogen-bond acceptors (Lipinski definition) is 6. The lowest BCUT2D eigenvalue weighted by Crippen LogP contribution is -2.43. The zero-order chi connectivity index (χ0) is 18.2. The van der Waals surface area contributed by atoms with Gasteiger partial charge in [0.15, 0.2) is 0 Å². The molecule has 0 radical (unpaired) electrons. The highest BCUT2D eigenvalue weighted by atomic mass is 35.5. The molecule has 0 unspecified atom stereocenters. The third kappa shape index (κ3) is 4.07. The second kappa shape index (κ2) is 8.43. The van der Waals surface area contributed by atoms with Gasteiger partial charge in [-0.05, 0) is 31.3 Å². The zero-order valence-electron chi connectivity index (χ0n) is 15.7. The van der Waals surface area contributed by atoms with E-state index < -0.39 is 0 Å². The van der Waals surface area contributed by atoms with E-state index >= 15 is 0 Å². The van der Waals surface area contributed by atoms with Crippen molar-refractivity contribution < 1.29 is 0 Å². The lowest BCUT2D eigenvalue weighted by atomic mass is 10.1. The second-order valence-electron chi connectivity index (χ2n) is 7.14. The molecular formula is C21H23ClN4S2. The lowest BCUT2D eigenvalue weighted by molar-refractivity contribution is 0.148. The number of nitrogens with one attached hydrogen (secondary N) is 1. The first-order chi connectivity index (χ1) is 13.2. The number of aromatic nitrogens is 1. The third-order valence-corrected chi connectivity index (χ3v) is 7.14. The smallest absolute Gasteiger partial charge is 0.107 e. The van der Waals surface area contributed by atoms with Gasteiger partial charge >= 0.3 is 0 Å². The van der Waals surface area contributed by atoms with Crippen LogP contribution in [0.15, 0.2) is 57.6 Å². The number of fused-ring (bicyclic) bond motifs is 2. The van der Waals surface area contributed by atoms with Crippen LogP contribution >= 0.6 is 35.5 Å². The van der Waals surface area contributed by atoms with E-state index in [-0.39, 0.29) is 12.4 Å². The number of benzene rings is 2. The molecule has 1 N–H and O–H groups in total. The molecule has 5 rings (SSSR count). The first kappa shape index (κ1) is 19.7. The van der Waals surface area contributed by atoms with E-state index in [9.17, 15) is 0 Å². The summed E-state index contributed by atoms with van der Waals surface area (Å²) in [7, 11) is 2.19. The molecule has 0 bridgehead atoms. The monoisotopic (exact) mass is 430 g/mol. The second-order valence-corrected chi connectivity index (χ2v) is 9.17. The first-order valence-electron chi connectivity index (χ1n) is 9.28. The van der Waals surface area contributed by atoms with Crippen LogP contribution in [0, 0.1) is 0 Å². The van der Waals surface area contributed by atoms with Gasteiger partial charge in [-0.3, -0.25) is 4.90 Å². The molecule has 2 aromatic carbocycles. The molecule has 2 aliphatic heterocycles. The molecule has 2 aliphatic rings. The Bertz CT molecular complexity index is 967. The minimum Gasteiger partial charge on any atom is -0.354 e. The number of hydrogen-bond donors (Lipinski definition) is 1. The van der Waals surface area contributed by atoms with Crippen molar-refractivity contribution in [2.45, 2.75) is 16.3 Å². The Hall–Kier alpha value is -1.57. The van der Waals surface area contributed by atoms with Crippen LogP contribution in [-0.4, -0.2) is 48.0 Å². The number of nitrogens with zero attached hydrogens (tertiary/aromatic N) is 3. The van der Waals surface area contributed by atoms with Crippen LogP contribution < -0.4 is 5.32 Å². The van der Waals surface area contributed by atoms with Crippen LogP contribution in [0.1, 0.15) is 5.01 Å². The van der Waals surface area contributed by atoms with Crippen molar-refractivity contribution in [3.8, 4) is 11.3 Å². The van der Waals surface area contributed by atoms with Gasteiger partial charge in [-0.2, -0.15) is 0 Å². The highest BCUT2D eigenvalue weighted by molar-refractivity contribution is 7.99. The minimum absolute atomic E-state index is 0. The summed E-state index contributed by atoms with van der Waals surface area (Å²) in [5, 5.41) is 6.97. The SMILES string of the molecule is CN1CCN(Cc2nc(-c3ccc4c(c3)Nc3ccccc3S4)cs2)CC1.Cl. The molecule has 0 aliphatic carbocycles. The maximum atomic E-state index is 4.92. The van der Waals surface area contributed by atoms with E-state index in [1.165, 1.54) is 31.7 Å². The summed E-state index contributed by atoms with van der Waals surface area (Å²) >= 11 is 3.60. The van der Waals surface area contributed by atoms with Crippen molar-refractivity contribution in [1.29, 1.82) is 0 Å². The van der Waals surface area contributed by atoms with Gasteiger partial charge in [0.1, 0.15) is 5.01 Å². The van der Waals surface area contributed by atoms with Crippen molar-refractivity contribution in [3.63, 3.8) is 0 Å². The van der Waals surface area contributed by atoms with E-state index in [1.807, 2.05) is 11.8 Å². The quantitative estimate of drug-likeness (QED) is 0.483. The average molecular weight is 431 g/mol. The predicted molar refractivity (Wildman–Crippen MR) is 121 cm³/mol. The highest BCUT2D eigenvalue weighted by Crippen LogP contribution is 2.45. The summed E-state index contributed by atoms with van der Waals surface area (Å²) in [4.78, 5) is 12.4. The van der Waals surface area contributed by atoms with Crippen molar-refractivity contribution in [3.05, 3.63) is 52.9 Å². The molecule has 0 spiro atoms. The summed E-state index contributed by atoms with van der Waals surface area (Å²) in [6.07, 6.45) is 0. The summed E-state index contributed by atoms with van der Waals surface area (Å²) in [5.41, 5.74) is 4.62. The van der Waals surface area contributed by atoms with Crippen LogP contribution in [0.5, 0.6) is 0 Å². The molecule has 3 heterocycles. The van der Waals surface area contributed by atoms with Crippen molar-refractivity contribution >= 4 is 46.9 Å². The molecule has 0 atom stereocenters. The summed E-state index contributed by atoms with van der Waals surface area (Å²) in [6, 6.07) is 15.1. The van der Waals surface area contributed by atoms with Gasteiger partial charge in [0.2, 0.25) is 0 Å². The lowest BCUT2D eigenvalue weighted by Gasteiger charge is -2.31. The molecular weight excluding hydrogens is 408 g/mol. The van der Waals surface area contributed by atoms with Crippen LogP contribution in [0.25, 0.3) is 11.3 Å². The Morgan fingerprint density at radius 2 is 1.79 bits per heavy atom. The topological polar surface area (TPSA) is 31.4 Å². The average Bonchev–Trinajstić information content (AvgIpc) is 3.16. The number of para-hydroxylation sites is 1. The van der Waals surface area contributed by atoms with E-state index in [4.69, 9.17) is 4.98 Å². The molecule has 28 heavy (non-hydrogen) atoms. The summed E-state index contributed by atoms with van der Waals surface area (Å²) < 4.78 is 0. The van der Waals surface area contributed by atoms with Crippen molar-refractivity contribution in [2.24, 2.45) is 0 Å². The Morgan fingerprint density at radius 1 is 1.00 bits per heavy atom. The number of halogens is 1. The molecule has 1 saturated heterocycles. The normalized spacial score (nSPS) is 16.6. The van der Waals surface area contributed by atoms with Crippen molar-refractivity contribution in [1.82, 2.24) is 14.8 Å². The van der Waals surface area contributed by atoms with Crippen LogP contribution in [0.3, 0.4) is 0 Å². The van der Waals surface area contributed by atoms with E-state index in [0.29, 0.717) is 0 Å². The fourth-order valence-electron chi connectivity index (χ4n) is 3.51. The molecule has 0 amide bonds. The van der Waals surface area contributed by atoms with Crippen molar-refractivity contribution in [2.75, 3.05) is 38.5 Å². The molecule has 1 aromatic heterocycles. The van der Waals surface area contributed by atoms with Gasteiger partial charge in [-0.15, -0.1) is 23.7 Å². The summed E-state index contributed by atoms with van der Waals surface area (Å²) in [6.45, 7) is 5.52. The molecule has 0 saturated carbocycles. The van der Waals surface area contributed by atoms with Crippen LogP contribution in [-0.2, 0) is 6.54 Å². The molecule has 4 nitrogen and oxygen atoms in total. The maximum Gasteiger partial charge on any atom is 0.107 e. The number of piperazine rings is 1. The fourth-order valence-corrected chi connectivity index (χ4v) is 5.32. The Labute approximate surface area is 180 Å². The van der Waals surface area contributed by atoms with Gasteiger partial charge in [0.25, 0.3) is 0 Å². The maximum absolute atomic E-state index is 4.92. The highest BCUT2D eigenvalue weighted by Gasteiger charge is 2.18. The van der Waals surface area contributed by atoms with Gasteiger partial charge in [-0.1, -0.05) is 30.0 Å². The Morgan fingerprint density at radius 3 is 2.64 bits per heavy atom. The number of thiazole rings is 1. The van der Waals surface area contributed by atoms with E-state index in [2.05, 4.69) is 70.0 Å². The third-order valence-electron chi connectivity index (χ3n) is 5.16. The number of likely N-dealkylation sites (N-methyl/N-ethyl adjacent to an activating group) is 1. The van der Waals surface area contributed by atoms with Gasteiger partial charge in [-0.25, -0.2) is 4.98 Å². The van der Waals surface area contributed by atoms with Crippen LogP contribution in [0.2, 0.25) is 0 Å². The molecule has 7 heteroatoms. The Kier molecular flexibility index (Phi) is 5.94. The molecule has 3 aromatic rings. The predicted octanol–water partition coefficient (Wildman–Crippen LogP) is 5.19. The number of rotatable bonds is 3. The van der Waals surface area contributed by atoms with E-state index in [1.54, 1.807) is 11.3 Å². The number of anilines is 2. The largest absolute Gasteiger partial charge is 0.354 e. The van der Waals surface area contributed by atoms with Gasteiger partial charge < -0.3 is 10.2 Å². The Balaban J connectivity index is 0.00000192. The van der Waals surface area contributed by atoms with Gasteiger partial charge in [0, 0.05) is 46.9 Å². The fraction of sp³-hybridized carbons (Fsp3) is 0.286. The molecule has 1 fully saturated rings. The van der Waals surface area contributed by atoms with E-state index in [0.717, 1.165) is 38.4 Å². The molecule has 146 valence electrons. The standard InChI is InChI=1S/C21H22N4S2.ClH/c1-24-8-10-25(11-9-24)13-21-23-18(14-26-21)15-6-7-20-17(12-15)22-16-4-2-3-5-19(16)27-20;/h2-7,12,14,22H,8-11,13H2,1H3;1H. The minimum atomic E-state index is 0. The summed E-state index contributed by atoms with van der Waals surface area (Å²) in [5.74, 6) is 0.